The average Bonchev–Trinajstić information content (AvgIpc) is 3.25. The fraction of sp³-hybridized carbons (Fsp3) is 0.289. The van der Waals surface area contributed by atoms with Gasteiger partial charge >= 0.3 is 0 Å². The molecular formula is C38H42N2. The van der Waals surface area contributed by atoms with Gasteiger partial charge in [0.15, 0.2) is 0 Å². The van der Waals surface area contributed by atoms with Crippen LogP contribution in [0.2, 0.25) is 0 Å². The third-order valence-corrected chi connectivity index (χ3v) is 8.14. The lowest BCUT2D eigenvalue weighted by Gasteiger charge is -2.18. The van der Waals surface area contributed by atoms with Gasteiger partial charge in [0.1, 0.15) is 5.82 Å². The van der Waals surface area contributed by atoms with Crippen molar-refractivity contribution in [2.24, 2.45) is 0 Å². The molecule has 40 heavy (non-hydrogen) atoms. The van der Waals surface area contributed by atoms with Crippen molar-refractivity contribution < 1.29 is 0 Å². The average molecular weight is 527 g/mol. The molecule has 0 N–H and O–H groups in total. The van der Waals surface area contributed by atoms with Crippen LogP contribution in [-0.4, -0.2) is 9.55 Å². The number of nitrogens with zero attached hydrogens (tertiary/aromatic N) is 2. The number of hydrogen-bond acceptors (Lipinski definition) is 1. The highest BCUT2D eigenvalue weighted by molar-refractivity contribution is 5.74. The van der Waals surface area contributed by atoms with E-state index in [-0.39, 0.29) is 0 Å². The van der Waals surface area contributed by atoms with Crippen molar-refractivity contribution in [2.75, 3.05) is 0 Å². The van der Waals surface area contributed by atoms with Crippen molar-refractivity contribution >= 4 is 0 Å². The number of hydrogen-bond donors (Lipinski definition) is 0. The predicted octanol–water partition coefficient (Wildman–Crippen LogP) is 10.5. The fourth-order valence-corrected chi connectivity index (χ4v) is 5.84. The Balaban J connectivity index is 1.50. The van der Waals surface area contributed by atoms with E-state index in [1.54, 1.807) is 0 Å². The molecular weight excluding hydrogens is 484 g/mol. The van der Waals surface area contributed by atoms with E-state index in [9.17, 15) is 0 Å². The Hall–Kier alpha value is -3.91. The van der Waals surface area contributed by atoms with Crippen LogP contribution in [-0.2, 0) is 6.42 Å². The van der Waals surface area contributed by atoms with Gasteiger partial charge in [-0.3, -0.25) is 4.57 Å². The molecule has 0 unspecified atom stereocenters. The second-order valence-corrected chi connectivity index (χ2v) is 11.4. The molecule has 0 spiro atoms. The molecule has 0 amide bonds. The summed E-state index contributed by atoms with van der Waals surface area (Å²) in [5.74, 6) is 0.996. The van der Waals surface area contributed by atoms with Crippen LogP contribution in [0.1, 0.15) is 66.2 Å². The van der Waals surface area contributed by atoms with Gasteiger partial charge in [-0.05, 0) is 105 Å². The highest BCUT2D eigenvalue weighted by Gasteiger charge is 2.19. The molecule has 0 aliphatic carbocycles. The molecule has 0 saturated carbocycles. The molecule has 0 bridgehead atoms. The molecule has 204 valence electrons. The standard InChI is InChI=1S/C38H42N2/c1-7-8-9-10-14-31-18-20-32(21-19-31)36-23-27(3)37(28(4)24-36)40-30(6)29(5)39-38(40)35-17-12-16-34(25-35)33-15-11-13-26(2)22-33/h11-13,15-25H,7-10,14H2,1-6H3. The number of imidazole rings is 1. The van der Waals surface area contributed by atoms with E-state index in [4.69, 9.17) is 4.98 Å². The quantitative estimate of drug-likeness (QED) is 0.175. The monoisotopic (exact) mass is 526 g/mol. The van der Waals surface area contributed by atoms with Crippen LogP contribution >= 0.6 is 0 Å². The topological polar surface area (TPSA) is 17.8 Å². The van der Waals surface area contributed by atoms with Crippen molar-refractivity contribution in [2.45, 2.75) is 73.6 Å². The Kier molecular flexibility index (Phi) is 8.35. The summed E-state index contributed by atoms with van der Waals surface area (Å²) in [7, 11) is 0. The second-order valence-electron chi connectivity index (χ2n) is 11.4. The summed E-state index contributed by atoms with van der Waals surface area (Å²) in [6.07, 6.45) is 6.39. The summed E-state index contributed by atoms with van der Waals surface area (Å²) in [6.45, 7) is 13.2. The summed E-state index contributed by atoms with van der Waals surface area (Å²) in [4.78, 5) is 5.08. The summed E-state index contributed by atoms with van der Waals surface area (Å²) in [6, 6.07) is 31.3. The Labute approximate surface area is 240 Å². The predicted molar refractivity (Wildman–Crippen MR) is 171 cm³/mol. The van der Waals surface area contributed by atoms with E-state index in [1.807, 2.05) is 0 Å². The summed E-state index contributed by atoms with van der Waals surface area (Å²) >= 11 is 0. The number of unbranched alkanes of at least 4 members (excludes halogenated alkanes) is 3. The van der Waals surface area contributed by atoms with Crippen LogP contribution in [0, 0.1) is 34.6 Å². The molecule has 4 aromatic carbocycles. The molecule has 2 nitrogen and oxygen atoms in total. The van der Waals surface area contributed by atoms with Gasteiger partial charge in [0.25, 0.3) is 0 Å². The highest BCUT2D eigenvalue weighted by atomic mass is 15.1. The zero-order chi connectivity index (χ0) is 28.2. The second kappa shape index (κ2) is 12.1. The maximum absolute atomic E-state index is 5.08. The molecule has 0 aliphatic heterocycles. The SMILES string of the molecule is CCCCCCc1ccc(-c2cc(C)c(-n3c(-c4cccc(-c5cccc(C)c5)c4)nc(C)c3C)c(C)c2)cc1. The molecule has 1 heterocycles. The lowest BCUT2D eigenvalue weighted by Crippen LogP contribution is -2.05. The molecule has 0 fully saturated rings. The van der Waals surface area contributed by atoms with Gasteiger partial charge in [-0.1, -0.05) is 98.5 Å². The maximum Gasteiger partial charge on any atom is 0.145 e. The van der Waals surface area contributed by atoms with Crippen molar-refractivity contribution in [3.63, 3.8) is 0 Å². The van der Waals surface area contributed by atoms with Crippen LogP contribution in [0.25, 0.3) is 39.3 Å². The van der Waals surface area contributed by atoms with Crippen LogP contribution in [0.3, 0.4) is 0 Å². The fourth-order valence-electron chi connectivity index (χ4n) is 5.84. The van der Waals surface area contributed by atoms with E-state index in [0.29, 0.717) is 0 Å². The Bertz CT molecular complexity index is 1600. The first kappa shape index (κ1) is 27.6. The van der Waals surface area contributed by atoms with Crippen LogP contribution < -0.4 is 0 Å². The molecule has 1 aromatic heterocycles. The summed E-state index contributed by atoms with van der Waals surface area (Å²) < 4.78 is 2.36. The minimum atomic E-state index is 0.996. The third-order valence-electron chi connectivity index (χ3n) is 8.14. The Morgan fingerprint density at radius 3 is 1.93 bits per heavy atom. The minimum Gasteiger partial charge on any atom is -0.296 e. The number of rotatable bonds is 9. The van der Waals surface area contributed by atoms with Gasteiger partial charge in [-0.2, -0.15) is 0 Å². The van der Waals surface area contributed by atoms with Crippen molar-refractivity contribution in [3.8, 4) is 39.3 Å². The lowest BCUT2D eigenvalue weighted by molar-refractivity contribution is 0.667. The third kappa shape index (κ3) is 5.82. The van der Waals surface area contributed by atoms with Gasteiger partial charge in [-0.25, -0.2) is 4.98 Å². The lowest BCUT2D eigenvalue weighted by atomic mass is 9.96. The van der Waals surface area contributed by atoms with E-state index >= 15 is 0 Å². The first-order chi connectivity index (χ1) is 19.4. The van der Waals surface area contributed by atoms with E-state index in [2.05, 4.69) is 131 Å². The number of benzene rings is 4. The van der Waals surface area contributed by atoms with Gasteiger partial charge in [0.05, 0.1) is 11.4 Å². The smallest absolute Gasteiger partial charge is 0.145 e. The molecule has 5 aromatic rings. The Morgan fingerprint density at radius 2 is 1.25 bits per heavy atom. The zero-order valence-electron chi connectivity index (χ0n) is 25.0. The van der Waals surface area contributed by atoms with Gasteiger partial charge in [-0.15, -0.1) is 0 Å². The van der Waals surface area contributed by atoms with Crippen LogP contribution in [0.15, 0.2) is 84.9 Å². The molecule has 0 radical (unpaired) electrons. The molecule has 5 rings (SSSR count). The van der Waals surface area contributed by atoms with Crippen LogP contribution in [0.5, 0.6) is 0 Å². The zero-order valence-corrected chi connectivity index (χ0v) is 25.0. The van der Waals surface area contributed by atoms with Gasteiger partial charge in [0.2, 0.25) is 0 Å². The van der Waals surface area contributed by atoms with E-state index in [1.165, 1.54) is 88.0 Å². The molecule has 0 saturated heterocycles. The van der Waals surface area contributed by atoms with Gasteiger partial charge < -0.3 is 0 Å². The van der Waals surface area contributed by atoms with Crippen molar-refractivity contribution in [3.05, 3.63) is 119 Å². The Morgan fingerprint density at radius 1 is 0.600 bits per heavy atom. The summed E-state index contributed by atoms with van der Waals surface area (Å²) in [5.41, 5.74) is 14.8. The molecule has 2 heteroatoms. The van der Waals surface area contributed by atoms with E-state index in [0.717, 1.165) is 17.1 Å². The van der Waals surface area contributed by atoms with Gasteiger partial charge in [0, 0.05) is 11.3 Å². The highest BCUT2D eigenvalue weighted by Crippen LogP contribution is 2.34. The maximum atomic E-state index is 5.08. The first-order valence-electron chi connectivity index (χ1n) is 14.8. The molecule has 0 aliphatic rings. The van der Waals surface area contributed by atoms with E-state index < -0.39 is 0 Å². The molecule has 0 atom stereocenters. The number of aromatic nitrogens is 2. The largest absolute Gasteiger partial charge is 0.296 e. The number of aryl methyl sites for hydroxylation is 5. The normalized spacial score (nSPS) is 11.2. The van der Waals surface area contributed by atoms with Crippen molar-refractivity contribution in [1.82, 2.24) is 9.55 Å². The minimum absolute atomic E-state index is 0.996. The first-order valence-corrected chi connectivity index (χ1v) is 14.8. The van der Waals surface area contributed by atoms with Crippen molar-refractivity contribution in [1.29, 1.82) is 0 Å². The van der Waals surface area contributed by atoms with Crippen LogP contribution in [0.4, 0.5) is 0 Å². The summed E-state index contributed by atoms with van der Waals surface area (Å²) in [5, 5.41) is 0.